The number of rotatable bonds is 9. The molecule has 0 amide bonds. The first-order valence-corrected chi connectivity index (χ1v) is 6.39. The van der Waals surface area contributed by atoms with E-state index in [0.717, 1.165) is 6.42 Å². The second kappa shape index (κ2) is 10.7. The Morgan fingerprint density at radius 3 is 2.44 bits per heavy atom. The van der Waals surface area contributed by atoms with Crippen molar-refractivity contribution in [2.45, 2.75) is 52.9 Å². The van der Waals surface area contributed by atoms with Crippen LogP contribution in [-0.2, 0) is 4.79 Å². The smallest absolute Gasteiger partial charge is 0.198 e. The molecule has 0 aliphatic heterocycles. The van der Waals surface area contributed by atoms with E-state index in [0.29, 0.717) is 18.3 Å². The predicted molar refractivity (Wildman–Crippen MR) is 71.1 cm³/mol. The Kier molecular flexibility index (Phi) is 10.1. The molecule has 1 radical (unpaired) electrons. The molecule has 0 bridgehead atoms. The number of unbranched alkanes of at least 4 members (excludes halogenated alkanes) is 2. The van der Waals surface area contributed by atoms with E-state index in [4.69, 9.17) is 0 Å². The number of hydrogen-bond acceptors (Lipinski definition) is 1. The quantitative estimate of drug-likeness (QED) is 0.415. The van der Waals surface area contributed by atoms with Gasteiger partial charge in [0, 0.05) is 6.42 Å². The van der Waals surface area contributed by atoms with Crippen molar-refractivity contribution in [3.8, 4) is 0 Å². The highest BCUT2D eigenvalue weighted by Gasteiger charge is 1.97. The Morgan fingerprint density at radius 2 is 1.81 bits per heavy atom. The Morgan fingerprint density at radius 1 is 1.12 bits per heavy atom. The zero-order valence-electron chi connectivity index (χ0n) is 10.9. The molecule has 0 rings (SSSR count). The Labute approximate surface area is 101 Å². The minimum Gasteiger partial charge on any atom is -0.291 e. The lowest BCUT2D eigenvalue weighted by molar-refractivity contribution is 0.541. The molecule has 0 saturated heterocycles. The third-order valence-electron chi connectivity index (χ3n) is 2.57. The van der Waals surface area contributed by atoms with Crippen LogP contribution in [0.25, 0.3) is 0 Å². The van der Waals surface area contributed by atoms with Crippen LogP contribution in [0.2, 0.25) is 0 Å². The van der Waals surface area contributed by atoms with Gasteiger partial charge in [0.1, 0.15) is 0 Å². The van der Waals surface area contributed by atoms with Gasteiger partial charge in [-0.25, -0.2) is 0 Å². The molecular formula is C15H25O. The molecule has 0 aliphatic carbocycles. The number of allylic oxidation sites excluding steroid dienone is 4. The van der Waals surface area contributed by atoms with Crippen molar-refractivity contribution in [3.05, 3.63) is 24.3 Å². The molecule has 0 spiro atoms. The van der Waals surface area contributed by atoms with Gasteiger partial charge in [-0.3, -0.25) is 4.79 Å². The number of hydrogen-bond donors (Lipinski definition) is 0. The van der Waals surface area contributed by atoms with E-state index in [2.05, 4.69) is 38.2 Å². The molecule has 0 saturated carbocycles. The summed E-state index contributed by atoms with van der Waals surface area (Å²) in [5.41, 5.74) is 0. The summed E-state index contributed by atoms with van der Waals surface area (Å²) < 4.78 is 0. The average Bonchev–Trinajstić information content (AvgIpc) is 2.26. The van der Waals surface area contributed by atoms with Gasteiger partial charge >= 0.3 is 0 Å². The summed E-state index contributed by atoms with van der Waals surface area (Å²) in [6, 6.07) is 0. The fourth-order valence-corrected chi connectivity index (χ4v) is 1.41. The van der Waals surface area contributed by atoms with Gasteiger partial charge in [-0.15, -0.1) is 0 Å². The predicted octanol–water partition coefficient (Wildman–Crippen LogP) is 4.45. The van der Waals surface area contributed by atoms with Gasteiger partial charge in [0.15, 0.2) is 6.29 Å². The SMILES string of the molecule is CCCC/C=C/CC(C)/C=C/C(C)C[C]=O. The summed E-state index contributed by atoms with van der Waals surface area (Å²) in [5, 5.41) is 0. The fraction of sp³-hybridized carbons (Fsp3) is 0.667. The lowest BCUT2D eigenvalue weighted by atomic mass is 10.0. The summed E-state index contributed by atoms with van der Waals surface area (Å²) in [4.78, 5) is 10.2. The third-order valence-corrected chi connectivity index (χ3v) is 2.57. The Hall–Kier alpha value is -0.850. The lowest BCUT2D eigenvalue weighted by Crippen LogP contribution is -1.92. The van der Waals surface area contributed by atoms with Gasteiger partial charge < -0.3 is 0 Å². The lowest BCUT2D eigenvalue weighted by Gasteiger charge is -2.03. The van der Waals surface area contributed by atoms with Gasteiger partial charge in [0.2, 0.25) is 0 Å². The first-order chi connectivity index (χ1) is 7.70. The maximum absolute atomic E-state index is 10.2. The molecule has 0 fully saturated rings. The van der Waals surface area contributed by atoms with Crippen LogP contribution in [0, 0.1) is 11.8 Å². The van der Waals surface area contributed by atoms with Crippen LogP contribution in [0.3, 0.4) is 0 Å². The largest absolute Gasteiger partial charge is 0.291 e. The summed E-state index contributed by atoms with van der Waals surface area (Å²) in [5.74, 6) is 0.885. The first-order valence-electron chi connectivity index (χ1n) is 6.39. The molecule has 0 aromatic heterocycles. The van der Waals surface area contributed by atoms with Crippen molar-refractivity contribution in [1.29, 1.82) is 0 Å². The van der Waals surface area contributed by atoms with E-state index >= 15 is 0 Å². The molecule has 0 heterocycles. The summed E-state index contributed by atoms with van der Waals surface area (Å²) in [6.07, 6.45) is 16.2. The normalized spacial score (nSPS) is 15.7. The standard InChI is InChI=1S/C15H25O/c1-4-5-6-7-8-9-14(2)10-11-15(3)12-13-16/h7-8,10-11,14-15H,4-6,9,12H2,1-3H3/b8-7+,11-10+. The zero-order valence-corrected chi connectivity index (χ0v) is 10.9. The van der Waals surface area contributed by atoms with Crippen molar-refractivity contribution in [3.63, 3.8) is 0 Å². The highest BCUT2D eigenvalue weighted by atomic mass is 16.1. The molecule has 16 heavy (non-hydrogen) atoms. The van der Waals surface area contributed by atoms with Gasteiger partial charge in [-0.1, -0.05) is 57.9 Å². The van der Waals surface area contributed by atoms with E-state index in [1.54, 1.807) is 0 Å². The topological polar surface area (TPSA) is 17.1 Å². The van der Waals surface area contributed by atoms with Gasteiger partial charge in [-0.2, -0.15) is 0 Å². The second-order valence-electron chi connectivity index (χ2n) is 4.54. The molecule has 2 atom stereocenters. The second-order valence-corrected chi connectivity index (χ2v) is 4.54. The van der Waals surface area contributed by atoms with Crippen LogP contribution < -0.4 is 0 Å². The van der Waals surface area contributed by atoms with E-state index in [1.165, 1.54) is 19.3 Å². The molecule has 0 aromatic carbocycles. The molecule has 0 aromatic rings. The van der Waals surface area contributed by atoms with Crippen molar-refractivity contribution in [1.82, 2.24) is 0 Å². The molecular weight excluding hydrogens is 196 g/mol. The van der Waals surface area contributed by atoms with Crippen molar-refractivity contribution >= 4 is 6.29 Å². The highest BCUT2D eigenvalue weighted by molar-refractivity contribution is 5.51. The summed E-state index contributed by atoms with van der Waals surface area (Å²) in [7, 11) is 0. The average molecular weight is 221 g/mol. The fourth-order valence-electron chi connectivity index (χ4n) is 1.41. The minimum absolute atomic E-state index is 0.323. The van der Waals surface area contributed by atoms with Crippen LogP contribution in [0.1, 0.15) is 52.9 Å². The van der Waals surface area contributed by atoms with Crippen LogP contribution in [-0.4, -0.2) is 6.29 Å². The highest BCUT2D eigenvalue weighted by Crippen LogP contribution is 2.09. The molecule has 1 nitrogen and oxygen atoms in total. The molecule has 0 N–H and O–H groups in total. The number of carbonyl (C=O) groups excluding carboxylic acids is 1. The molecule has 91 valence electrons. The van der Waals surface area contributed by atoms with Crippen molar-refractivity contribution < 1.29 is 4.79 Å². The van der Waals surface area contributed by atoms with Crippen LogP contribution in [0.15, 0.2) is 24.3 Å². The van der Waals surface area contributed by atoms with Crippen LogP contribution >= 0.6 is 0 Å². The Bertz CT molecular complexity index is 215. The third kappa shape index (κ3) is 9.70. The van der Waals surface area contributed by atoms with Gasteiger partial charge in [0.05, 0.1) is 0 Å². The van der Waals surface area contributed by atoms with Crippen molar-refractivity contribution in [2.24, 2.45) is 11.8 Å². The van der Waals surface area contributed by atoms with E-state index < -0.39 is 0 Å². The van der Waals surface area contributed by atoms with Crippen molar-refractivity contribution in [2.75, 3.05) is 0 Å². The van der Waals surface area contributed by atoms with Crippen LogP contribution in [0.4, 0.5) is 0 Å². The summed E-state index contributed by atoms with van der Waals surface area (Å²) >= 11 is 0. The van der Waals surface area contributed by atoms with E-state index in [-0.39, 0.29) is 0 Å². The zero-order chi connectivity index (χ0) is 12.2. The Balaban J connectivity index is 3.67. The maximum atomic E-state index is 10.2. The monoisotopic (exact) mass is 221 g/mol. The minimum atomic E-state index is 0.323. The van der Waals surface area contributed by atoms with E-state index in [1.807, 2.05) is 13.2 Å². The maximum Gasteiger partial charge on any atom is 0.198 e. The molecule has 1 heteroatoms. The molecule has 0 aliphatic rings. The summed E-state index contributed by atoms with van der Waals surface area (Å²) in [6.45, 7) is 6.47. The first kappa shape index (κ1) is 15.2. The van der Waals surface area contributed by atoms with E-state index in [9.17, 15) is 4.79 Å². The van der Waals surface area contributed by atoms with Crippen LogP contribution in [0.5, 0.6) is 0 Å². The molecule has 2 unspecified atom stereocenters. The van der Waals surface area contributed by atoms with Gasteiger partial charge in [0.25, 0.3) is 0 Å². The van der Waals surface area contributed by atoms with Gasteiger partial charge in [-0.05, 0) is 24.7 Å².